The SMILES string of the molecule is CCC1(OC(=O)C(C)(C)CC)CCC(CF)CC1. The van der Waals surface area contributed by atoms with Crippen molar-refractivity contribution in [1.29, 1.82) is 0 Å². The third kappa shape index (κ3) is 3.46. The van der Waals surface area contributed by atoms with E-state index in [0.717, 1.165) is 38.5 Å². The number of carbonyl (C=O) groups excluding carboxylic acids is 1. The zero-order valence-electron chi connectivity index (χ0n) is 12.2. The van der Waals surface area contributed by atoms with E-state index in [1.807, 2.05) is 20.8 Å². The first kappa shape index (κ1) is 15.5. The Balaban J connectivity index is 2.65. The smallest absolute Gasteiger partial charge is 0.312 e. The van der Waals surface area contributed by atoms with Gasteiger partial charge in [0.25, 0.3) is 0 Å². The van der Waals surface area contributed by atoms with E-state index in [2.05, 4.69) is 6.92 Å². The van der Waals surface area contributed by atoms with E-state index in [1.54, 1.807) is 0 Å². The fourth-order valence-electron chi connectivity index (χ4n) is 2.36. The van der Waals surface area contributed by atoms with Gasteiger partial charge in [-0.25, -0.2) is 0 Å². The largest absolute Gasteiger partial charge is 0.459 e. The Kier molecular flexibility index (Phi) is 5.18. The van der Waals surface area contributed by atoms with Crippen LogP contribution < -0.4 is 0 Å². The van der Waals surface area contributed by atoms with Gasteiger partial charge < -0.3 is 4.74 Å². The van der Waals surface area contributed by atoms with Gasteiger partial charge in [0, 0.05) is 0 Å². The highest BCUT2D eigenvalue weighted by atomic mass is 19.1. The normalized spacial score (nSPS) is 29.1. The molecule has 1 aliphatic rings. The Bertz CT molecular complexity index is 278. The summed E-state index contributed by atoms with van der Waals surface area (Å²) in [6, 6.07) is 0. The molecule has 0 bridgehead atoms. The minimum absolute atomic E-state index is 0.106. The molecule has 1 aliphatic carbocycles. The van der Waals surface area contributed by atoms with E-state index < -0.39 is 5.41 Å². The summed E-state index contributed by atoms with van der Waals surface area (Å²) in [7, 11) is 0. The molecule has 2 nitrogen and oxygen atoms in total. The standard InChI is InChI=1S/C15H27FO2/c1-5-14(3,4)13(17)18-15(6-2)9-7-12(11-16)8-10-15/h12H,5-11H2,1-4H3. The van der Waals surface area contributed by atoms with Crippen LogP contribution in [0.2, 0.25) is 0 Å². The topological polar surface area (TPSA) is 26.3 Å². The third-order valence-corrected chi connectivity index (χ3v) is 4.62. The molecule has 1 saturated carbocycles. The summed E-state index contributed by atoms with van der Waals surface area (Å²) in [6.45, 7) is 7.66. The van der Waals surface area contributed by atoms with Crippen molar-refractivity contribution in [2.45, 2.75) is 71.8 Å². The molecule has 3 heteroatoms. The average Bonchev–Trinajstić information content (AvgIpc) is 2.39. The molecular formula is C15H27FO2. The zero-order chi connectivity index (χ0) is 13.8. The second-order valence-corrected chi connectivity index (χ2v) is 6.26. The van der Waals surface area contributed by atoms with Gasteiger partial charge in [-0.15, -0.1) is 0 Å². The Morgan fingerprint density at radius 2 is 1.89 bits per heavy atom. The van der Waals surface area contributed by atoms with Crippen molar-refractivity contribution in [3.63, 3.8) is 0 Å². The van der Waals surface area contributed by atoms with Gasteiger partial charge >= 0.3 is 5.97 Å². The van der Waals surface area contributed by atoms with Crippen LogP contribution in [0.4, 0.5) is 4.39 Å². The van der Waals surface area contributed by atoms with Crippen molar-refractivity contribution in [3.8, 4) is 0 Å². The summed E-state index contributed by atoms with van der Waals surface area (Å²) in [5.41, 5.74) is -0.756. The van der Waals surface area contributed by atoms with Crippen molar-refractivity contribution in [3.05, 3.63) is 0 Å². The van der Waals surface area contributed by atoms with Crippen molar-refractivity contribution in [1.82, 2.24) is 0 Å². The molecule has 0 unspecified atom stereocenters. The molecule has 0 N–H and O–H groups in total. The predicted octanol–water partition coefficient (Wildman–Crippen LogP) is 4.27. The van der Waals surface area contributed by atoms with E-state index in [1.165, 1.54) is 0 Å². The van der Waals surface area contributed by atoms with Crippen molar-refractivity contribution in [2.75, 3.05) is 6.67 Å². The fraction of sp³-hybridized carbons (Fsp3) is 0.933. The maximum Gasteiger partial charge on any atom is 0.312 e. The summed E-state index contributed by atoms with van der Waals surface area (Å²) < 4.78 is 18.4. The highest BCUT2D eigenvalue weighted by Crippen LogP contribution is 2.39. The lowest BCUT2D eigenvalue weighted by Gasteiger charge is -2.40. The van der Waals surface area contributed by atoms with Crippen LogP contribution >= 0.6 is 0 Å². The molecule has 0 aromatic rings. The number of hydrogen-bond donors (Lipinski definition) is 0. The molecule has 106 valence electrons. The Labute approximate surface area is 110 Å². The Morgan fingerprint density at radius 3 is 2.28 bits per heavy atom. The number of esters is 1. The highest BCUT2D eigenvalue weighted by molar-refractivity contribution is 5.76. The van der Waals surface area contributed by atoms with Crippen LogP contribution in [-0.4, -0.2) is 18.2 Å². The van der Waals surface area contributed by atoms with E-state index in [0.29, 0.717) is 0 Å². The maximum atomic E-state index is 12.6. The van der Waals surface area contributed by atoms with E-state index in [4.69, 9.17) is 4.74 Å². The molecule has 0 aromatic carbocycles. The zero-order valence-corrected chi connectivity index (χ0v) is 12.2. The molecule has 0 amide bonds. The van der Waals surface area contributed by atoms with Crippen LogP contribution in [0.5, 0.6) is 0 Å². The minimum atomic E-state index is -0.418. The quantitative estimate of drug-likeness (QED) is 0.688. The number of rotatable bonds is 5. The van der Waals surface area contributed by atoms with Gasteiger partial charge in [-0.1, -0.05) is 13.8 Å². The van der Waals surface area contributed by atoms with Gasteiger partial charge in [0.15, 0.2) is 0 Å². The van der Waals surface area contributed by atoms with Gasteiger partial charge in [-0.2, -0.15) is 0 Å². The minimum Gasteiger partial charge on any atom is -0.459 e. The lowest BCUT2D eigenvalue weighted by atomic mass is 9.77. The average molecular weight is 258 g/mol. The van der Waals surface area contributed by atoms with Crippen LogP contribution in [0.15, 0.2) is 0 Å². The molecular weight excluding hydrogens is 231 g/mol. The van der Waals surface area contributed by atoms with E-state index in [-0.39, 0.29) is 24.2 Å². The molecule has 18 heavy (non-hydrogen) atoms. The fourth-order valence-corrected chi connectivity index (χ4v) is 2.36. The molecule has 1 rings (SSSR count). The lowest BCUT2D eigenvalue weighted by Crippen LogP contribution is -2.42. The Hall–Kier alpha value is -0.600. The molecule has 0 aliphatic heterocycles. The second kappa shape index (κ2) is 6.03. The summed E-state index contributed by atoms with van der Waals surface area (Å²) >= 11 is 0. The summed E-state index contributed by atoms with van der Waals surface area (Å²) in [6.07, 6.45) is 4.90. The molecule has 0 radical (unpaired) electrons. The number of carbonyl (C=O) groups is 1. The molecule has 0 heterocycles. The van der Waals surface area contributed by atoms with Gasteiger partial charge in [0.2, 0.25) is 0 Å². The van der Waals surface area contributed by atoms with Crippen molar-refractivity contribution < 1.29 is 13.9 Å². The summed E-state index contributed by atoms with van der Waals surface area (Å²) in [5.74, 6) is 0.0631. The van der Waals surface area contributed by atoms with Gasteiger partial charge in [0.1, 0.15) is 5.60 Å². The lowest BCUT2D eigenvalue weighted by molar-refractivity contribution is -0.176. The first-order valence-electron chi connectivity index (χ1n) is 7.18. The number of alkyl halides is 1. The molecule has 0 spiro atoms. The first-order chi connectivity index (χ1) is 8.39. The van der Waals surface area contributed by atoms with Gasteiger partial charge in [-0.05, 0) is 58.3 Å². The number of halogens is 1. The van der Waals surface area contributed by atoms with Crippen LogP contribution in [0.1, 0.15) is 66.2 Å². The molecule has 0 atom stereocenters. The van der Waals surface area contributed by atoms with Gasteiger partial charge in [0.05, 0.1) is 12.1 Å². The molecule has 0 aromatic heterocycles. The third-order valence-electron chi connectivity index (χ3n) is 4.62. The predicted molar refractivity (Wildman–Crippen MR) is 71.1 cm³/mol. The first-order valence-corrected chi connectivity index (χ1v) is 7.18. The number of ether oxygens (including phenoxy) is 1. The number of hydrogen-bond acceptors (Lipinski definition) is 2. The monoisotopic (exact) mass is 258 g/mol. The molecule has 0 saturated heterocycles. The Morgan fingerprint density at radius 1 is 1.33 bits per heavy atom. The van der Waals surface area contributed by atoms with E-state index in [9.17, 15) is 9.18 Å². The van der Waals surface area contributed by atoms with Crippen LogP contribution in [-0.2, 0) is 9.53 Å². The highest BCUT2D eigenvalue weighted by Gasteiger charge is 2.40. The van der Waals surface area contributed by atoms with Crippen LogP contribution in [0.25, 0.3) is 0 Å². The maximum absolute atomic E-state index is 12.6. The molecule has 1 fully saturated rings. The van der Waals surface area contributed by atoms with Crippen molar-refractivity contribution >= 4 is 5.97 Å². The van der Waals surface area contributed by atoms with Crippen molar-refractivity contribution in [2.24, 2.45) is 11.3 Å². The summed E-state index contributed by atoms with van der Waals surface area (Å²) in [4.78, 5) is 12.2. The summed E-state index contributed by atoms with van der Waals surface area (Å²) in [5, 5.41) is 0. The second-order valence-electron chi connectivity index (χ2n) is 6.26. The van der Waals surface area contributed by atoms with Crippen LogP contribution in [0.3, 0.4) is 0 Å². The van der Waals surface area contributed by atoms with Crippen LogP contribution in [0, 0.1) is 11.3 Å². The van der Waals surface area contributed by atoms with Gasteiger partial charge in [-0.3, -0.25) is 9.18 Å². The van der Waals surface area contributed by atoms with E-state index >= 15 is 0 Å².